The summed E-state index contributed by atoms with van der Waals surface area (Å²) in [5, 5.41) is 2.84. The van der Waals surface area contributed by atoms with E-state index in [1.165, 1.54) is 6.20 Å². The third kappa shape index (κ3) is 3.78. The van der Waals surface area contributed by atoms with Crippen molar-refractivity contribution in [2.75, 3.05) is 6.61 Å². The molecule has 0 fully saturated rings. The molecule has 3 rings (SSSR count). The molecule has 3 aromatic rings. The Morgan fingerprint density at radius 1 is 1.17 bits per heavy atom. The molecule has 1 N–H and O–H groups in total. The van der Waals surface area contributed by atoms with Crippen LogP contribution in [0, 0.1) is 0 Å². The summed E-state index contributed by atoms with van der Waals surface area (Å²) in [7, 11) is 0. The summed E-state index contributed by atoms with van der Waals surface area (Å²) in [6.07, 6.45) is 6.48. The van der Waals surface area contributed by atoms with Crippen molar-refractivity contribution in [2.24, 2.45) is 0 Å². The molecule has 122 valence electrons. The first-order valence-corrected chi connectivity index (χ1v) is 7.61. The fourth-order valence-electron chi connectivity index (χ4n) is 2.14. The van der Waals surface area contributed by atoms with Gasteiger partial charge in [-0.25, -0.2) is 4.98 Å². The van der Waals surface area contributed by atoms with Crippen LogP contribution in [0.25, 0.3) is 11.3 Å². The Kier molecular flexibility index (Phi) is 4.86. The average Bonchev–Trinajstić information content (AvgIpc) is 3.16. The van der Waals surface area contributed by atoms with Crippen molar-refractivity contribution in [1.82, 2.24) is 15.3 Å². The number of carbonyl (C=O) groups is 1. The number of hydrogen-bond donors (Lipinski definition) is 1. The molecule has 0 aliphatic carbocycles. The van der Waals surface area contributed by atoms with Gasteiger partial charge in [-0.15, -0.1) is 0 Å². The fraction of sp³-hybridized carbons (Fsp3) is 0.167. The second-order valence-corrected chi connectivity index (χ2v) is 5.06. The number of furan rings is 1. The minimum absolute atomic E-state index is 0.190. The maximum absolute atomic E-state index is 12.1. The van der Waals surface area contributed by atoms with Crippen LogP contribution in [0.5, 0.6) is 5.88 Å². The van der Waals surface area contributed by atoms with Crippen LogP contribution >= 0.6 is 0 Å². The third-order valence-electron chi connectivity index (χ3n) is 3.39. The maximum atomic E-state index is 12.1. The lowest BCUT2D eigenvalue weighted by Crippen LogP contribution is -2.23. The number of carbonyl (C=O) groups excluding carboxylic acids is 1. The number of aromatic nitrogens is 2. The largest absolute Gasteiger partial charge is 0.478 e. The number of hydrogen-bond acceptors (Lipinski definition) is 5. The molecule has 6 nitrogen and oxygen atoms in total. The zero-order chi connectivity index (χ0) is 16.8. The van der Waals surface area contributed by atoms with Gasteiger partial charge in [-0.2, -0.15) is 0 Å². The highest BCUT2D eigenvalue weighted by atomic mass is 16.5. The second kappa shape index (κ2) is 7.41. The molecule has 0 aromatic carbocycles. The summed E-state index contributed by atoms with van der Waals surface area (Å²) in [6, 6.07) is 9.03. The molecule has 0 spiro atoms. The van der Waals surface area contributed by atoms with Gasteiger partial charge in [-0.1, -0.05) is 6.07 Å². The predicted octanol–water partition coefficient (Wildman–Crippen LogP) is 3.07. The Morgan fingerprint density at radius 2 is 2.08 bits per heavy atom. The lowest BCUT2D eigenvalue weighted by atomic mass is 10.2. The summed E-state index contributed by atoms with van der Waals surface area (Å²) >= 11 is 0. The monoisotopic (exact) mass is 323 g/mol. The number of pyridine rings is 2. The van der Waals surface area contributed by atoms with Gasteiger partial charge in [0.1, 0.15) is 0 Å². The molecule has 0 saturated heterocycles. The van der Waals surface area contributed by atoms with Crippen molar-refractivity contribution < 1.29 is 13.9 Å². The molecule has 0 atom stereocenters. The van der Waals surface area contributed by atoms with Crippen LogP contribution in [0.15, 0.2) is 59.7 Å². The van der Waals surface area contributed by atoms with Crippen molar-refractivity contribution in [1.29, 1.82) is 0 Å². The van der Waals surface area contributed by atoms with Crippen LogP contribution in [0.3, 0.4) is 0 Å². The van der Waals surface area contributed by atoms with E-state index in [0.717, 1.165) is 16.8 Å². The summed E-state index contributed by atoms with van der Waals surface area (Å²) < 4.78 is 10.3. The highest BCUT2D eigenvalue weighted by molar-refractivity contribution is 5.93. The molecule has 24 heavy (non-hydrogen) atoms. The Labute approximate surface area is 139 Å². The Bertz CT molecular complexity index is 781. The van der Waals surface area contributed by atoms with E-state index in [2.05, 4.69) is 15.3 Å². The highest BCUT2D eigenvalue weighted by Gasteiger charge is 2.07. The Morgan fingerprint density at radius 3 is 2.71 bits per heavy atom. The van der Waals surface area contributed by atoms with E-state index in [9.17, 15) is 4.79 Å². The minimum atomic E-state index is -0.190. The van der Waals surface area contributed by atoms with Crippen molar-refractivity contribution in [3.8, 4) is 17.1 Å². The van der Waals surface area contributed by atoms with Gasteiger partial charge in [-0.05, 0) is 30.7 Å². The van der Waals surface area contributed by atoms with E-state index in [0.29, 0.717) is 24.6 Å². The van der Waals surface area contributed by atoms with Crippen molar-refractivity contribution >= 4 is 5.91 Å². The second-order valence-electron chi connectivity index (χ2n) is 5.06. The van der Waals surface area contributed by atoms with Crippen molar-refractivity contribution in [2.45, 2.75) is 13.5 Å². The van der Waals surface area contributed by atoms with Gasteiger partial charge in [0, 0.05) is 30.6 Å². The quantitative estimate of drug-likeness (QED) is 0.754. The maximum Gasteiger partial charge on any atom is 0.253 e. The molecule has 3 heterocycles. The molecule has 6 heteroatoms. The van der Waals surface area contributed by atoms with Gasteiger partial charge < -0.3 is 14.5 Å². The van der Waals surface area contributed by atoms with Gasteiger partial charge in [0.15, 0.2) is 0 Å². The summed E-state index contributed by atoms with van der Waals surface area (Å²) in [5.41, 5.74) is 3.15. The van der Waals surface area contributed by atoms with Crippen LogP contribution < -0.4 is 10.1 Å². The molecular weight excluding hydrogens is 306 g/mol. The molecule has 0 radical (unpaired) electrons. The summed E-state index contributed by atoms with van der Waals surface area (Å²) in [6.45, 7) is 2.82. The van der Waals surface area contributed by atoms with E-state index in [1.807, 2.05) is 25.1 Å². The molecule has 3 aromatic heterocycles. The lowest BCUT2D eigenvalue weighted by Gasteiger charge is -2.06. The topological polar surface area (TPSA) is 77.2 Å². The van der Waals surface area contributed by atoms with E-state index in [4.69, 9.17) is 9.15 Å². The van der Waals surface area contributed by atoms with Crippen LogP contribution in [-0.2, 0) is 6.54 Å². The number of ether oxygens (including phenoxy) is 1. The molecule has 0 saturated carbocycles. The smallest absolute Gasteiger partial charge is 0.253 e. The third-order valence-corrected chi connectivity index (χ3v) is 3.39. The summed E-state index contributed by atoms with van der Waals surface area (Å²) in [4.78, 5) is 20.6. The van der Waals surface area contributed by atoms with Gasteiger partial charge in [0.2, 0.25) is 5.88 Å². The van der Waals surface area contributed by atoms with Crippen LogP contribution in [-0.4, -0.2) is 22.5 Å². The first-order chi connectivity index (χ1) is 11.8. The van der Waals surface area contributed by atoms with Crippen LogP contribution in [0.2, 0.25) is 0 Å². The van der Waals surface area contributed by atoms with E-state index in [-0.39, 0.29) is 5.91 Å². The van der Waals surface area contributed by atoms with Crippen LogP contribution in [0.1, 0.15) is 22.8 Å². The number of nitrogens with zero attached hydrogens (tertiary/aromatic N) is 2. The van der Waals surface area contributed by atoms with Crippen molar-refractivity contribution in [3.05, 3.63) is 66.4 Å². The van der Waals surface area contributed by atoms with Gasteiger partial charge in [0.05, 0.1) is 30.4 Å². The van der Waals surface area contributed by atoms with Gasteiger partial charge in [-0.3, -0.25) is 9.78 Å². The number of nitrogens with one attached hydrogen (secondary N) is 1. The molecule has 0 unspecified atom stereocenters. The molecule has 1 amide bonds. The molecule has 0 aliphatic rings. The molecule has 0 bridgehead atoms. The SMILES string of the molecule is CCOc1ccc(C(=O)NCc2ccc(-c3ccoc3)nc2)cn1. The first-order valence-electron chi connectivity index (χ1n) is 7.61. The van der Waals surface area contributed by atoms with Gasteiger partial charge >= 0.3 is 0 Å². The minimum Gasteiger partial charge on any atom is -0.478 e. The molecular formula is C18H17N3O3. The fourth-order valence-corrected chi connectivity index (χ4v) is 2.14. The number of rotatable bonds is 6. The Balaban J connectivity index is 1.57. The first kappa shape index (κ1) is 15.7. The van der Waals surface area contributed by atoms with Crippen LogP contribution in [0.4, 0.5) is 0 Å². The van der Waals surface area contributed by atoms with E-state index in [1.54, 1.807) is 30.9 Å². The standard InChI is InChI=1S/C18H17N3O3/c1-2-24-17-6-4-14(11-20-17)18(22)21-10-13-3-5-16(19-9-13)15-7-8-23-12-15/h3-9,11-12H,2,10H2,1H3,(H,21,22). The predicted molar refractivity (Wildman–Crippen MR) is 88.5 cm³/mol. The Hall–Kier alpha value is -3.15. The molecule has 0 aliphatic heterocycles. The summed E-state index contributed by atoms with van der Waals surface area (Å²) in [5.74, 6) is 0.317. The lowest BCUT2D eigenvalue weighted by molar-refractivity contribution is 0.0950. The normalized spacial score (nSPS) is 10.4. The number of amides is 1. The van der Waals surface area contributed by atoms with Gasteiger partial charge in [0.25, 0.3) is 5.91 Å². The average molecular weight is 323 g/mol. The van der Waals surface area contributed by atoms with E-state index < -0.39 is 0 Å². The highest BCUT2D eigenvalue weighted by Crippen LogP contribution is 2.17. The zero-order valence-electron chi connectivity index (χ0n) is 13.2. The van der Waals surface area contributed by atoms with Crippen molar-refractivity contribution in [3.63, 3.8) is 0 Å². The zero-order valence-corrected chi connectivity index (χ0v) is 13.2. The van der Waals surface area contributed by atoms with E-state index >= 15 is 0 Å².